The molecular formula is C22H29F3IN3O3. The first-order valence-electron chi connectivity index (χ1n) is 10.4. The summed E-state index contributed by atoms with van der Waals surface area (Å²) in [5.74, 6) is 1.58. The molecular weight excluding hydrogens is 538 g/mol. The maximum absolute atomic E-state index is 12.2. The quantitative estimate of drug-likeness (QED) is 0.253. The molecule has 0 saturated carbocycles. The lowest BCUT2D eigenvalue weighted by Gasteiger charge is -2.15. The molecule has 0 aliphatic carbocycles. The molecule has 1 aliphatic heterocycles. The molecule has 3 rings (SSSR count). The van der Waals surface area contributed by atoms with Crippen LogP contribution in [0.5, 0.6) is 0 Å². The Morgan fingerprint density at radius 2 is 1.91 bits per heavy atom. The maximum Gasteiger partial charge on any atom is 0.411 e. The molecule has 0 spiro atoms. The van der Waals surface area contributed by atoms with Crippen LogP contribution in [0, 0.1) is 0 Å². The number of hydrogen-bond acceptors (Lipinski definition) is 4. The van der Waals surface area contributed by atoms with E-state index in [4.69, 9.17) is 9.15 Å². The monoisotopic (exact) mass is 567 g/mol. The van der Waals surface area contributed by atoms with Crippen LogP contribution in [-0.2, 0) is 29.0 Å². The summed E-state index contributed by atoms with van der Waals surface area (Å²) in [5, 5.41) is 6.62. The first-order chi connectivity index (χ1) is 15.0. The van der Waals surface area contributed by atoms with E-state index in [9.17, 15) is 13.2 Å². The van der Waals surface area contributed by atoms with Crippen LogP contribution in [0.2, 0.25) is 0 Å². The summed E-state index contributed by atoms with van der Waals surface area (Å²) in [6.07, 6.45) is 0.367. The Bertz CT molecular complexity index is 793. The van der Waals surface area contributed by atoms with Crippen molar-refractivity contribution in [2.75, 3.05) is 26.3 Å². The molecule has 2 heterocycles. The minimum absolute atomic E-state index is 0. The zero-order valence-corrected chi connectivity index (χ0v) is 20.0. The number of aliphatic imine (C=N–C) groups is 1. The fourth-order valence-electron chi connectivity index (χ4n) is 3.14. The number of nitrogens with one attached hydrogen (secondary N) is 2. The van der Waals surface area contributed by atoms with Gasteiger partial charge in [-0.1, -0.05) is 24.3 Å². The molecule has 10 heteroatoms. The summed E-state index contributed by atoms with van der Waals surface area (Å²) in [4.78, 5) is 4.63. The fraction of sp³-hybridized carbons (Fsp3) is 0.500. The number of halogens is 4. The Balaban J connectivity index is 0.00000363. The summed E-state index contributed by atoms with van der Waals surface area (Å²) in [7, 11) is 0. The molecule has 1 saturated heterocycles. The second-order valence-corrected chi connectivity index (χ2v) is 7.36. The molecule has 1 aliphatic rings. The van der Waals surface area contributed by atoms with Crippen LogP contribution in [0.15, 0.2) is 52.1 Å². The molecule has 6 nitrogen and oxygen atoms in total. The number of nitrogens with zero attached hydrogens (tertiary/aromatic N) is 1. The lowest BCUT2D eigenvalue weighted by Crippen LogP contribution is -2.41. The SMILES string of the molecule is FC(F)(F)COCc1ccc(CN=C(NCCc2ccco2)NCC2CCCO2)cc1.I. The van der Waals surface area contributed by atoms with E-state index >= 15 is 0 Å². The zero-order valence-electron chi connectivity index (χ0n) is 17.7. The van der Waals surface area contributed by atoms with E-state index in [0.29, 0.717) is 31.2 Å². The van der Waals surface area contributed by atoms with Gasteiger partial charge < -0.3 is 24.5 Å². The van der Waals surface area contributed by atoms with Crippen LogP contribution >= 0.6 is 24.0 Å². The number of benzene rings is 1. The average molecular weight is 567 g/mol. The van der Waals surface area contributed by atoms with E-state index in [0.717, 1.165) is 37.2 Å². The van der Waals surface area contributed by atoms with Gasteiger partial charge in [0.2, 0.25) is 0 Å². The molecule has 2 N–H and O–H groups in total. The van der Waals surface area contributed by atoms with Crippen molar-refractivity contribution in [3.05, 3.63) is 59.5 Å². The maximum atomic E-state index is 12.2. The van der Waals surface area contributed by atoms with E-state index in [1.54, 1.807) is 18.4 Å². The number of ether oxygens (including phenoxy) is 2. The summed E-state index contributed by atoms with van der Waals surface area (Å²) in [6.45, 7) is 1.26. The van der Waals surface area contributed by atoms with Crippen LogP contribution in [0.1, 0.15) is 29.7 Å². The van der Waals surface area contributed by atoms with Crippen LogP contribution in [0.4, 0.5) is 13.2 Å². The van der Waals surface area contributed by atoms with Crippen LogP contribution < -0.4 is 10.6 Å². The molecule has 1 aromatic heterocycles. The van der Waals surface area contributed by atoms with Crippen molar-refractivity contribution < 1.29 is 27.1 Å². The number of hydrogen-bond donors (Lipinski definition) is 2. The molecule has 0 bridgehead atoms. The summed E-state index contributed by atoms with van der Waals surface area (Å²) < 4.78 is 52.2. The lowest BCUT2D eigenvalue weighted by atomic mass is 10.1. The molecule has 32 heavy (non-hydrogen) atoms. The van der Waals surface area contributed by atoms with Gasteiger partial charge in [0, 0.05) is 26.1 Å². The van der Waals surface area contributed by atoms with E-state index in [1.165, 1.54) is 0 Å². The molecule has 0 amide bonds. The standard InChI is InChI=1S/C22H28F3N3O3.HI/c23-22(24,25)16-29-15-18-7-5-17(6-8-18)13-27-21(28-14-20-4-2-12-31-20)26-10-9-19-3-1-11-30-19;/h1,3,5-8,11,20H,2,4,9-10,12-16H2,(H2,26,27,28);1H. The summed E-state index contributed by atoms with van der Waals surface area (Å²) in [5.41, 5.74) is 1.63. The number of rotatable bonds is 10. The Hall–Kier alpha value is -1.79. The molecule has 2 aromatic rings. The molecule has 1 unspecified atom stereocenters. The van der Waals surface area contributed by atoms with Gasteiger partial charge in [0.1, 0.15) is 12.4 Å². The van der Waals surface area contributed by atoms with Gasteiger partial charge in [-0.15, -0.1) is 24.0 Å². The van der Waals surface area contributed by atoms with Gasteiger partial charge in [-0.25, -0.2) is 4.99 Å². The number of guanidine groups is 1. The van der Waals surface area contributed by atoms with Crippen LogP contribution in [0.3, 0.4) is 0 Å². The van der Waals surface area contributed by atoms with Crippen molar-refractivity contribution in [2.45, 2.75) is 44.7 Å². The summed E-state index contributed by atoms with van der Waals surface area (Å²) >= 11 is 0. The normalized spacial score (nSPS) is 16.6. The predicted molar refractivity (Wildman–Crippen MR) is 126 cm³/mol. The van der Waals surface area contributed by atoms with Gasteiger partial charge in [0.15, 0.2) is 5.96 Å². The second kappa shape index (κ2) is 13.7. The Kier molecular flexibility index (Phi) is 11.3. The van der Waals surface area contributed by atoms with Gasteiger partial charge in [-0.05, 0) is 36.1 Å². The topological polar surface area (TPSA) is 68.0 Å². The Morgan fingerprint density at radius 3 is 2.56 bits per heavy atom. The Labute approximate surface area is 203 Å². The first-order valence-corrected chi connectivity index (χ1v) is 10.4. The van der Waals surface area contributed by atoms with Gasteiger partial charge in [0.05, 0.1) is 25.5 Å². The second-order valence-electron chi connectivity index (χ2n) is 7.36. The highest BCUT2D eigenvalue weighted by Gasteiger charge is 2.27. The molecule has 1 atom stereocenters. The summed E-state index contributed by atoms with van der Waals surface area (Å²) in [6, 6.07) is 11.0. The van der Waals surface area contributed by atoms with Crippen molar-refractivity contribution >= 4 is 29.9 Å². The Morgan fingerprint density at radius 1 is 1.12 bits per heavy atom. The third-order valence-electron chi connectivity index (χ3n) is 4.74. The number of alkyl halides is 3. The zero-order chi connectivity index (χ0) is 21.9. The third kappa shape index (κ3) is 10.2. The molecule has 1 fully saturated rings. The van der Waals surface area contributed by atoms with E-state index in [1.807, 2.05) is 24.3 Å². The van der Waals surface area contributed by atoms with E-state index in [-0.39, 0.29) is 36.7 Å². The van der Waals surface area contributed by atoms with Crippen molar-refractivity contribution in [2.24, 2.45) is 4.99 Å². The minimum atomic E-state index is -4.31. The molecule has 1 aromatic carbocycles. The third-order valence-corrected chi connectivity index (χ3v) is 4.74. The number of furan rings is 1. The average Bonchev–Trinajstić information content (AvgIpc) is 3.44. The minimum Gasteiger partial charge on any atom is -0.469 e. The van der Waals surface area contributed by atoms with Crippen LogP contribution in [-0.4, -0.2) is 44.5 Å². The van der Waals surface area contributed by atoms with Crippen molar-refractivity contribution in [3.8, 4) is 0 Å². The van der Waals surface area contributed by atoms with E-state index < -0.39 is 12.8 Å². The smallest absolute Gasteiger partial charge is 0.411 e. The van der Waals surface area contributed by atoms with Gasteiger partial charge >= 0.3 is 6.18 Å². The van der Waals surface area contributed by atoms with Gasteiger partial charge in [-0.2, -0.15) is 13.2 Å². The fourth-order valence-corrected chi connectivity index (χ4v) is 3.14. The highest BCUT2D eigenvalue weighted by atomic mass is 127. The highest BCUT2D eigenvalue weighted by Crippen LogP contribution is 2.16. The largest absolute Gasteiger partial charge is 0.469 e. The van der Waals surface area contributed by atoms with Crippen molar-refractivity contribution in [3.63, 3.8) is 0 Å². The first kappa shape index (κ1) is 26.5. The predicted octanol–water partition coefficient (Wildman–Crippen LogP) is 4.43. The molecule has 0 radical (unpaired) electrons. The molecule has 178 valence electrons. The van der Waals surface area contributed by atoms with Crippen molar-refractivity contribution in [1.29, 1.82) is 0 Å². The van der Waals surface area contributed by atoms with Crippen molar-refractivity contribution in [1.82, 2.24) is 10.6 Å². The lowest BCUT2D eigenvalue weighted by molar-refractivity contribution is -0.176. The van der Waals surface area contributed by atoms with Gasteiger partial charge in [0.25, 0.3) is 0 Å². The van der Waals surface area contributed by atoms with Gasteiger partial charge in [-0.3, -0.25) is 0 Å². The van der Waals surface area contributed by atoms with Crippen LogP contribution in [0.25, 0.3) is 0 Å². The van der Waals surface area contributed by atoms with E-state index in [2.05, 4.69) is 20.4 Å². The highest BCUT2D eigenvalue weighted by molar-refractivity contribution is 14.0.